The summed E-state index contributed by atoms with van der Waals surface area (Å²) >= 11 is 0. The molecule has 0 amide bonds. The maximum absolute atomic E-state index is 2.93. The Labute approximate surface area is 84.0 Å². The number of hydrogen-bond donors (Lipinski definition) is 0. The van der Waals surface area contributed by atoms with Gasteiger partial charge in [0.25, 0.3) is 6.33 Å². The summed E-state index contributed by atoms with van der Waals surface area (Å²) in [7, 11) is 0. The minimum atomic E-state index is 0. The van der Waals surface area contributed by atoms with Crippen LogP contribution in [-0.2, 0) is 6.54 Å². The molecular formula is C9H13BrN2. The summed E-state index contributed by atoms with van der Waals surface area (Å²) in [5.74, 6) is 2.84. The number of aryl methyl sites for hydroxylation is 1. The van der Waals surface area contributed by atoms with E-state index < -0.39 is 0 Å². The van der Waals surface area contributed by atoms with Gasteiger partial charge in [0, 0.05) is 6.92 Å². The van der Waals surface area contributed by atoms with Gasteiger partial charge in [0.05, 0.1) is 6.54 Å². The van der Waals surface area contributed by atoms with Gasteiger partial charge in [-0.25, -0.2) is 4.57 Å². The fraction of sp³-hybridized carbons (Fsp3) is 0.444. The molecule has 3 heteroatoms. The first kappa shape index (κ1) is 11.2. The first-order chi connectivity index (χ1) is 5.36. The van der Waals surface area contributed by atoms with E-state index in [1.165, 1.54) is 0 Å². The van der Waals surface area contributed by atoms with Gasteiger partial charge < -0.3 is 17.0 Å². The van der Waals surface area contributed by atoms with Crippen molar-refractivity contribution in [1.82, 2.24) is 4.57 Å². The van der Waals surface area contributed by atoms with Crippen LogP contribution in [0.4, 0.5) is 0 Å². The highest BCUT2D eigenvalue weighted by atomic mass is 79.9. The molecule has 0 saturated carbocycles. The van der Waals surface area contributed by atoms with Crippen molar-refractivity contribution in [3.8, 4) is 12.0 Å². The molecule has 0 unspecified atom stereocenters. The van der Waals surface area contributed by atoms with Crippen LogP contribution in [0.25, 0.3) is 0 Å². The van der Waals surface area contributed by atoms with Crippen molar-refractivity contribution < 1.29 is 21.5 Å². The van der Waals surface area contributed by atoms with Crippen molar-refractivity contribution in [2.45, 2.75) is 26.8 Å². The lowest BCUT2D eigenvalue weighted by molar-refractivity contribution is -0.696. The highest BCUT2D eigenvalue weighted by molar-refractivity contribution is 4.98. The van der Waals surface area contributed by atoms with Gasteiger partial charge >= 0.3 is 0 Å². The Morgan fingerprint density at radius 1 is 1.50 bits per heavy atom. The standard InChI is InChI=1S/C9H13N2.BrH/c1-3-5-10-7-8-11(9-10)6-4-2;/h7-9H,3,5H2,1-2H3;1H/q+1;/p-1. The first-order valence-corrected chi connectivity index (χ1v) is 3.86. The number of aromatic nitrogens is 2. The summed E-state index contributed by atoms with van der Waals surface area (Å²) in [4.78, 5) is 0. The number of hydrogen-bond acceptors (Lipinski definition) is 0. The van der Waals surface area contributed by atoms with Crippen LogP contribution in [0.3, 0.4) is 0 Å². The van der Waals surface area contributed by atoms with E-state index >= 15 is 0 Å². The van der Waals surface area contributed by atoms with E-state index in [1.54, 1.807) is 0 Å². The lowest BCUT2D eigenvalue weighted by atomic mass is 10.5. The molecule has 1 aromatic heterocycles. The Bertz CT molecular complexity index is 280. The Morgan fingerprint density at radius 2 is 2.25 bits per heavy atom. The van der Waals surface area contributed by atoms with Crippen LogP contribution in [0.5, 0.6) is 0 Å². The molecule has 0 radical (unpaired) electrons. The zero-order valence-electron chi connectivity index (χ0n) is 7.42. The van der Waals surface area contributed by atoms with E-state index in [9.17, 15) is 0 Å². The molecule has 2 nitrogen and oxygen atoms in total. The maximum Gasteiger partial charge on any atom is 0.257 e. The number of rotatable bonds is 2. The predicted octanol–water partition coefficient (Wildman–Crippen LogP) is -1.98. The summed E-state index contributed by atoms with van der Waals surface area (Å²) in [5, 5.41) is 0. The summed E-state index contributed by atoms with van der Waals surface area (Å²) in [5.41, 5.74) is 0. The molecule has 0 fully saturated rings. The normalized spacial score (nSPS) is 8.17. The van der Waals surface area contributed by atoms with E-state index in [0.29, 0.717) is 0 Å². The van der Waals surface area contributed by atoms with Crippen molar-refractivity contribution in [1.29, 1.82) is 0 Å². The van der Waals surface area contributed by atoms with E-state index in [2.05, 4.69) is 23.5 Å². The van der Waals surface area contributed by atoms with E-state index in [-0.39, 0.29) is 17.0 Å². The summed E-state index contributed by atoms with van der Waals surface area (Å²) in [6.07, 6.45) is 7.16. The second kappa shape index (κ2) is 5.84. The van der Waals surface area contributed by atoms with Gasteiger partial charge in [-0.3, -0.25) is 0 Å². The summed E-state index contributed by atoms with van der Waals surface area (Å²) in [6, 6.07) is 2.93. The molecule has 0 aromatic carbocycles. The predicted molar refractivity (Wildman–Crippen MR) is 43.8 cm³/mol. The van der Waals surface area contributed by atoms with Crippen LogP contribution < -0.4 is 21.5 Å². The quantitative estimate of drug-likeness (QED) is 0.410. The molecular weight excluding hydrogens is 216 g/mol. The van der Waals surface area contributed by atoms with Crippen LogP contribution in [0.15, 0.2) is 18.7 Å². The summed E-state index contributed by atoms with van der Waals surface area (Å²) < 4.78 is 4.00. The minimum absolute atomic E-state index is 0. The zero-order chi connectivity index (χ0) is 8.10. The molecule has 12 heavy (non-hydrogen) atoms. The molecule has 1 rings (SSSR count). The van der Waals surface area contributed by atoms with Crippen LogP contribution in [0.2, 0.25) is 0 Å². The second-order valence-electron chi connectivity index (χ2n) is 2.42. The maximum atomic E-state index is 2.93. The number of imidazole rings is 1. The molecule has 66 valence electrons. The molecule has 0 spiro atoms. The van der Waals surface area contributed by atoms with Crippen molar-refractivity contribution in [3.63, 3.8) is 0 Å². The summed E-state index contributed by atoms with van der Waals surface area (Å²) in [6.45, 7) is 5.07. The topological polar surface area (TPSA) is 8.81 Å². The third-order valence-corrected chi connectivity index (χ3v) is 1.41. The average Bonchev–Trinajstić information content (AvgIpc) is 2.38. The van der Waals surface area contributed by atoms with Gasteiger partial charge in [0.1, 0.15) is 18.4 Å². The van der Waals surface area contributed by atoms with Gasteiger partial charge in [0.15, 0.2) is 0 Å². The van der Waals surface area contributed by atoms with Crippen molar-refractivity contribution in [3.05, 3.63) is 18.7 Å². The highest BCUT2D eigenvalue weighted by Gasteiger charge is 1.97. The average molecular weight is 229 g/mol. The lowest BCUT2D eigenvalue weighted by Crippen LogP contribution is -3.00. The Kier molecular flexibility index (Phi) is 5.48. The van der Waals surface area contributed by atoms with Gasteiger partial charge in [-0.1, -0.05) is 12.8 Å². The molecule has 1 heterocycles. The second-order valence-corrected chi connectivity index (χ2v) is 2.42. The molecule has 1 aromatic rings. The van der Waals surface area contributed by atoms with Gasteiger partial charge in [-0.05, 0) is 6.42 Å². The van der Waals surface area contributed by atoms with Crippen LogP contribution in [0, 0.1) is 12.0 Å². The van der Waals surface area contributed by atoms with Crippen LogP contribution in [0.1, 0.15) is 20.3 Å². The number of halogens is 1. The van der Waals surface area contributed by atoms with E-state index in [4.69, 9.17) is 0 Å². The first-order valence-electron chi connectivity index (χ1n) is 3.86. The Morgan fingerprint density at radius 3 is 2.83 bits per heavy atom. The Hall–Kier alpha value is -0.750. The van der Waals surface area contributed by atoms with Crippen molar-refractivity contribution in [2.24, 2.45) is 0 Å². The van der Waals surface area contributed by atoms with Crippen LogP contribution >= 0.6 is 0 Å². The number of nitrogens with zero attached hydrogens (tertiary/aromatic N) is 2. The fourth-order valence-electron chi connectivity index (χ4n) is 0.980. The molecule has 0 aliphatic rings. The SMILES string of the molecule is CC#Cn1cc[n+](CCC)c1.[Br-]. The molecule has 0 aliphatic carbocycles. The fourth-order valence-corrected chi connectivity index (χ4v) is 0.980. The Balaban J connectivity index is 0.00000121. The third-order valence-electron chi connectivity index (χ3n) is 1.41. The zero-order valence-corrected chi connectivity index (χ0v) is 9.00. The third kappa shape index (κ3) is 3.10. The smallest absolute Gasteiger partial charge is 0.257 e. The molecule has 0 bridgehead atoms. The van der Waals surface area contributed by atoms with Crippen molar-refractivity contribution >= 4 is 0 Å². The highest BCUT2D eigenvalue weighted by Crippen LogP contribution is 1.81. The van der Waals surface area contributed by atoms with E-state index in [0.717, 1.165) is 13.0 Å². The van der Waals surface area contributed by atoms with Gasteiger partial charge in [0.2, 0.25) is 0 Å². The molecule has 0 atom stereocenters. The minimum Gasteiger partial charge on any atom is -1.00 e. The molecule has 0 saturated heterocycles. The lowest BCUT2D eigenvalue weighted by Gasteiger charge is -1.86. The largest absolute Gasteiger partial charge is 1.00 e. The van der Waals surface area contributed by atoms with Crippen molar-refractivity contribution in [2.75, 3.05) is 0 Å². The van der Waals surface area contributed by atoms with Gasteiger partial charge in [-0.2, -0.15) is 4.57 Å². The molecule has 0 N–H and O–H groups in total. The van der Waals surface area contributed by atoms with E-state index in [1.807, 2.05) is 30.2 Å². The monoisotopic (exact) mass is 228 g/mol. The molecule has 0 aliphatic heterocycles. The van der Waals surface area contributed by atoms with Crippen LogP contribution in [-0.4, -0.2) is 4.57 Å². The van der Waals surface area contributed by atoms with Gasteiger partial charge in [-0.15, -0.1) is 0 Å².